The molecule has 136 valence electrons. The average Bonchev–Trinajstić information content (AvgIpc) is 2.47. The lowest BCUT2D eigenvalue weighted by molar-refractivity contribution is 0.178. The van der Waals surface area contributed by atoms with Gasteiger partial charge in [-0.05, 0) is 61.9 Å². The zero-order valence-corrected chi connectivity index (χ0v) is 15.9. The van der Waals surface area contributed by atoms with Crippen LogP contribution in [0, 0.1) is 19.8 Å². The van der Waals surface area contributed by atoms with Crippen molar-refractivity contribution in [2.45, 2.75) is 33.2 Å². The first-order valence-electron chi connectivity index (χ1n) is 8.65. The molecule has 0 bridgehead atoms. The molecule has 0 aliphatic carbocycles. The molecule has 1 aromatic heterocycles. The smallest absolute Gasteiger partial charge is 0.336 e. The van der Waals surface area contributed by atoms with Gasteiger partial charge < -0.3 is 4.42 Å². The third-order valence-corrected chi connectivity index (χ3v) is 5.87. The molecule has 3 rings (SSSR count). The van der Waals surface area contributed by atoms with Crippen molar-refractivity contribution in [3.8, 4) is 0 Å². The number of fused-ring (bicyclic) bond motifs is 1. The van der Waals surface area contributed by atoms with Crippen molar-refractivity contribution in [3.05, 3.63) is 45.3 Å². The molecule has 1 saturated heterocycles. The molecular weight excluding hydrogens is 338 g/mol. The minimum Gasteiger partial charge on any atom is -0.422 e. The number of nitrogens with zero attached hydrogens (tertiary/aromatic N) is 1. The van der Waals surface area contributed by atoms with E-state index in [1.165, 1.54) is 6.26 Å². The Labute approximate surface area is 148 Å². The van der Waals surface area contributed by atoms with Gasteiger partial charge in [0.1, 0.15) is 15.4 Å². The standard InChI is InChI=1S/C19H25NO4S/c1-13-7-14(2)19-17(8-13)16(9-18(21)24-19)11-20-6-4-5-15(10-20)12-25(3,22)23/h7-9,15H,4-6,10-12H2,1-3H3. The number of sulfone groups is 1. The fourth-order valence-electron chi connectivity index (χ4n) is 3.91. The van der Waals surface area contributed by atoms with Crippen molar-refractivity contribution < 1.29 is 12.8 Å². The monoisotopic (exact) mass is 363 g/mol. The highest BCUT2D eigenvalue weighted by molar-refractivity contribution is 7.90. The summed E-state index contributed by atoms with van der Waals surface area (Å²) in [6.45, 7) is 6.30. The summed E-state index contributed by atoms with van der Waals surface area (Å²) in [5, 5.41) is 0.974. The SMILES string of the molecule is Cc1cc(C)c2oc(=O)cc(CN3CCCC(CS(C)(=O)=O)C3)c2c1. The van der Waals surface area contributed by atoms with Gasteiger partial charge in [-0.25, -0.2) is 13.2 Å². The largest absolute Gasteiger partial charge is 0.422 e. The second-order valence-corrected chi connectivity index (χ2v) is 9.57. The lowest BCUT2D eigenvalue weighted by atomic mass is 9.98. The molecule has 0 spiro atoms. The molecule has 1 atom stereocenters. The van der Waals surface area contributed by atoms with Crippen LogP contribution < -0.4 is 5.63 Å². The van der Waals surface area contributed by atoms with Gasteiger partial charge in [0.2, 0.25) is 0 Å². The Morgan fingerprint density at radius 1 is 1.24 bits per heavy atom. The minimum atomic E-state index is -2.96. The molecule has 5 nitrogen and oxygen atoms in total. The topological polar surface area (TPSA) is 67.6 Å². The normalized spacial score (nSPS) is 19.4. The van der Waals surface area contributed by atoms with E-state index >= 15 is 0 Å². The van der Waals surface area contributed by atoms with E-state index in [9.17, 15) is 13.2 Å². The van der Waals surface area contributed by atoms with Crippen LogP contribution in [0.2, 0.25) is 0 Å². The molecule has 25 heavy (non-hydrogen) atoms. The zero-order chi connectivity index (χ0) is 18.2. The van der Waals surface area contributed by atoms with Crippen LogP contribution in [0.1, 0.15) is 29.5 Å². The van der Waals surface area contributed by atoms with Gasteiger partial charge >= 0.3 is 5.63 Å². The van der Waals surface area contributed by atoms with Crippen LogP contribution >= 0.6 is 0 Å². The molecule has 6 heteroatoms. The van der Waals surface area contributed by atoms with Crippen molar-refractivity contribution in [3.63, 3.8) is 0 Å². The first-order chi connectivity index (χ1) is 11.7. The fraction of sp³-hybridized carbons (Fsp3) is 0.526. The van der Waals surface area contributed by atoms with Crippen LogP contribution in [0.4, 0.5) is 0 Å². The molecule has 1 aliphatic heterocycles. The zero-order valence-electron chi connectivity index (χ0n) is 15.0. The highest BCUT2D eigenvalue weighted by atomic mass is 32.2. The quantitative estimate of drug-likeness (QED) is 0.781. The average molecular weight is 363 g/mol. The van der Waals surface area contributed by atoms with Crippen LogP contribution in [0.3, 0.4) is 0 Å². The summed E-state index contributed by atoms with van der Waals surface area (Å²) in [5.41, 5.74) is 3.37. The minimum absolute atomic E-state index is 0.165. The Hall–Kier alpha value is -1.66. The number of likely N-dealkylation sites (tertiary alicyclic amines) is 1. The van der Waals surface area contributed by atoms with Crippen molar-refractivity contribution in [2.24, 2.45) is 5.92 Å². The Bertz CT molecular complexity index is 946. The number of hydrogen-bond acceptors (Lipinski definition) is 5. The van der Waals surface area contributed by atoms with Gasteiger partial charge in [0.25, 0.3) is 0 Å². The Kier molecular flexibility index (Phi) is 5.02. The van der Waals surface area contributed by atoms with Gasteiger partial charge in [-0.2, -0.15) is 0 Å². The molecule has 0 N–H and O–H groups in total. The van der Waals surface area contributed by atoms with Gasteiger partial charge in [0.05, 0.1) is 5.75 Å². The summed E-state index contributed by atoms with van der Waals surface area (Å²) in [4.78, 5) is 14.2. The summed E-state index contributed by atoms with van der Waals surface area (Å²) >= 11 is 0. The Morgan fingerprint density at radius 3 is 2.72 bits per heavy atom. The van der Waals surface area contributed by atoms with Crippen molar-refractivity contribution in [2.75, 3.05) is 25.1 Å². The maximum Gasteiger partial charge on any atom is 0.336 e. The molecule has 0 amide bonds. The van der Waals surface area contributed by atoms with Crippen LogP contribution in [-0.2, 0) is 16.4 Å². The highest BCUT2D eigenvalue weighted by Gasteiger charge is 2.24. The summed E-state index contributed by atoms with van der Waals surface area (Å²) in [6.07, 6.45) is 3.23. The van der Waals surface area contributed by atoms with Crippen molar-refractivity contribution >= 4 is 20.8 Å². The Balaban J connectivity index is 1.89. The van der Waals surface area contributed by atoms with Crippen LogP contribution in [0.25, 0.3) is 11.0 Å². The first kappa shape index (κ1) is 18.1. The summed E-state index contributed by atoms with van der Waals surface area (Å²) in [7, 11) is -2.96. The predicted molar refractivity (Wildman–Crippen MR) is 99.7 cm³/mol. The molecule has 1 fully saturated rings. The van der Waals surface area contributed by atoms with E-state index in [4.69, 9.17) is 4.42 Å². The van der Waals surface area contributed by atoms with Gasteiger partial charge in [0, 0.05) is 30.8 Å². The predicted octanol–water partition coefficient (Wildman–Crippen LogP) is 2.67. The fourth-order valence-corrected chi connectivity index (χ4v) is 5.04. The highest BCUT2D eigenvalue weighted by Crippen LogP contribution is 2.25. The van der Waals surface area contributed by atoms with Crippen molar-refractivity contribution in [1.82, 2.24) is 4.90 Å². The second-order valence-electron chi connectivity index (χ2n) is 7.38. The lowest BCUT2D eigenvalue weighted by Crippen LogP contribution is -2.37. The number of hydrogen-bond donors (Lipinski definition) is 0. The second kappa shape index (κ2) is 6.92. The number of piperidine rings is 1. The molecule has 0 radical (unpaired) electrons. The van der Waals surface area contributed by atoms with Gasteiger partial charge in [-0.3, -0.25) is 4.90 Å². The van der Waals surface area contributed by atoms with E-state index in [0.717, 1.165) is 48.0 Å². The molecule has 1 unspecified atom stereocenters. The third kappa shape index (κ3) is 4.50. The third-order valence-electron chi connectivity index (χ3n) is 4.80. The van der Waals surface area contributed by atoms with Gasteiger partial charge in [-0.15, -0.1) is 0 Å². The van der Waals surface area contributed by atoms with E-state index < -0.39 is 9.84 Å². The molecule has 0 saturated carbocycles. The first-order valence-corrected chi connectivity index (χ1v) is 10.7. The summed E-state index contributed by atoms with van der Waals surface area (Å²) in [5.74, 6) is 0.401. The molecule has 2 heterocycles. The van der Waals surface area contributed by atoms with Gasteiger partial charge in [0.15, 0.2) is 0 Å². The number of aryl methyl sites for hydroxylation is 2. The van der Waals surface area contributed by atoms with Gasteiger partial charge in [-0.1, -0.05) is 6.07 Å². The maximum absolute atomic E-state index is 12.0. The molecule has 1 aromatic carbocycles. The van der Waals surface area contributed by atoms with E-state index in [1.807, 2.05) is 19.9 Å². The van der Waals surface area contributed by atoms with Crippen LogP contribution in [-0.4, -0.2) is 38.4 Å². The number of benzene rings is 1. The number of rotatable bonds is 4. The van der Waals surface area contributed by atoms with E-state index in [-0.39, 0.29) is 17.3 Å². The van der Waals surface area contributed by atoms with Crippen LogP contribution in [0.15, 0.2) is 27.4 Å². The molecular formula is C19H25NO4S. The van der Waals surface area contributed by atoms with Crippen molar-refractivity contribution in [1.29, 1.82) is 0 Å². The summed E-state index contributed by atoms with van der Waals surface area (Å²) < 4.78 is 28.6. The van der Waals surface area contributed by atoms with E-state index in [2.05, 4.69) is 11.0 Å². The summed E-state index contributed by atoms with van der Waals surface area (Å²) in [6, 6.07) is 5.64. The van der Waals surface area contributed by atoms with E-state index in [0.29, 0.717) is 12.1 Å². The van der Waals surface area contributed by atoms with Crippen LogP contribution in [0.5, 0.6) is 0 Å². The lowest BCUT2D eigenvalue weighted by Gasteiger charge is -2.32. The Morgan fingerprint density at radius 2 is 2.00 bits per heavy atom. The van der Waals surface area contributed by atoms with E-state index in [1.54, 1.807) is 6.07 Å². The molecule has 2 aromatic rings. The maximum atomic E-state index is 12.0. The molecule has 1 aliphatic rings.